The van der Waals surface area contributed by atoms with Gasteiger partial charge in [0.2, 0.25) is 5.91 Å². The zero-order chi connectivity index (χ0) is 36.1. The number of nitriles is 1. The molecule has 6 rings (SSSR count). The van der Waals surface area contributed by atoms with Crippen LogP contribution >= 0.6 is 0 Å². The molecule has 4 aromatic rings. The van der Waals surface area contributed by atoms with Gasteiger partial charge in [0.05, 0.1) is 37.1 Å². The molecule has 51 heavy (non-hydrogen) atoms. The number of hydrogen-bond donors (Lipinski definition) is 3. The molecule has 13 heteroatoms. The van der Waals surface area contributed by atoms with Gasteiger partial charge < -0.3 is 39.9 Å². The molecular formula is C38H41FN8O4. The van der Waals surface area contributed by atoms with Crippen LogP contribution in [0.5, 0.6) is 11.5 Å². The van der Waals surface area contributed by atoms with Crippen molar-refractivity contribution < 1.29 is 23.5 Å². The van der Waals surface area contributed by atoms with Gasteiger partial charge in [0.1, 0.15) is 17.2 Å². The van der Waals surface area contributed by atoms with Crippen molar-refractivity contribution in [1.29, 1.82) is 5.26 Å². The van der Waals surface area contributed by atoms with Crippen molar-refractivity contribution in [3.8, 4) is 28.7 Å². The molecule has 12 nitrogen and oxygen atoms in total. The molecule has 0 unspecified atom stereocenters. The number of carbonyl (C=O) groups is 2. The molecular weight excluding hydrogens is 651 g/mol. The molecule has 2 aliphatic heterocycles. The molecule has 0 radical (unpaired) electrons. The maximum absolute atomic E-state index is 16.7. The van der Waals surface area contributed by atoms with Gasteiger partial charge >= 0.3 is 0 Å². The Kier molecular flexibility index (Phi) is 10.4. The zero-order valence-corrected chi connectivity index (χ0v) is 28.7. The van der Waals surface area contributed by atoms with Crippen LogP contribution in [-0.2, 0) is 4.79 Å². The molecule has 1 fully saturated rings. The summed E-state index contributed by atoms with van der Waals surface area (Å²) < 4.78 is 27.9. The number of amides is 2. The second-order valence-corrected chi connectivity index (χ2v) is 12.4. The van der Waals surface area contributed by atoms with Crippen LogP contribution in [0.25, 0.3) is 27.6 Å². The number of carbonyl (C=O) groups excluding carboxylic acids is 2. The summed E-state index contributed by atoms with van der Waals surface area (Å²) in [6.45, 7) is 2.91. The first kappa shape index (κ1) is 34.8. The van der Waals surface area contributed by atoms with Gasteiger partial charge in [-0.15, -0.1) is 0 Å². The smallest absolute Gasteiger partial charge is 0.270 e. The van der Waals surface area contributed by atoms with Gasteiger partial charge in [0, 0.05) is 81.1 Å². The number of nitrogens with two attached hydrogens (primary N) is 2. The summed E-state index contributed by atoms with van der Waals surface area (Å²) in [6, 6.07) is 18.4. The number of nitrogens with one attached hydrogen (secondary N) is 1. The number of ether oxygens (including phenoxy) is 2. The van der Waals surface area contributed by atoms with Crippen LogP contribution in [0.4, 0.5) is 10.1 Å². The molecule has 5 N–H and O–H groups in total. The van der Waals surface area contributed by atoms with E-state index in [1.165, 1.54) is 17.4 Å². The van der Waals surface area contributed by atoms with Crippen LogP contribution in [-0.4, -0.2) is 91.6 Å². The number of methoxy groups -OCH3 is 2. The minimum atomic E-state index is -0.501. The summed E-state index contributed by atoms with van der Waals surface area (Å²) in [4.78, 5) is 35.7. The molecule has 0 spiro atoms. The van der Waals surface area contributed by atoms with E-state index in [1.54, 1.807) is 54.4 Å². The van der Waals surface area contributed by atoms with Crippen molar-refractivity contribution in [2.75, 3.05) is 64.9 Å². The largest absolute Gasteiger partial charge is 0.496 e. The molecule has 3 aromatic carbocycles. The Hall–Kier alpha value is -6.00. The molecule has 2 amide bonds. The molecule has 2 aliphatic rings. The summed E-state index contributed by atoms with van der Waals surface area (Å²) in [6.07, 6.45) is 5.49. The summed E-state index contributed by atoms with van der Waals surface area (Å²) >= 11 is 0. The molecule has 1 aromatic heterocycles. The van der Waals surface area contributed by atoms with Crippen LogP contribution in [0.15, 0.2) is 73.1 Å². The number of halogens is 1. The van der Waals surface area contributed by atoms with E-state index in [1.807, 2.05) is 30.3 Å². The quantitative estimate of drug-likeness (QED) is 0.162. The third-order valence-electron chi connectivity index (χ3n) is 9.41. The Bertz CT molecular complexity index is 2040. The van der Waals surface area contributed by atoms with E-state index in [0.29, 0.717) is 78.3 Å². The minimum absolute atomic E-state index is 0.100. The SMILES string of the molecule is COc1ccccc1-c1cc(C2=CCCN(C(=O)CCN(N)/C=C\N)C2)c(F)c2[nH]c(C(=O)N3CCN(c4cc(C#N)ccc4OC)CC3)cc12. The fraction of sp³-hybridized carbons (Fsp3) is 0.289. The second kappa shape index (κ2) is 15.3. The fourth-order valence-electron chi connectivity index (χ4n) is 6.75. The van der Waals surface area contributed by atoms with Crippen molar-refractivity contribution in [3.05, 3.63) is 95.7 Å². The van der Waals surface area contributed by atoms with Crippen molar-refractivity contribution in [1.82, 2.24) is 19.8 Å². The summed E-state index contributed by atoms with van der Waals surface area (Å²) in [5.41, 5.74) is 9.64. The highest BCUT2D eigenvalue weighted by molar-refractivity contribution is 6.05. The molecule has 264 valence electrons. The Morgan fingerprint density at radius 3 is 2.47 bits per heavy atom. The van der Waals surface area contributed by atoms with Gasteiger partial charge in [0.25, 0.3) is 5.91 Å². The number of aromatic nitrogens is 1. The van der Waals surface area contributed by atoms with Gasteiger partial charge in [0.15, 0.2) is 5.82 Å². The summed E-state index contributed by atoms with van der Waals surface area (Å²) in [7, 11) is 3.17. The number of nitrogens with zero attached hydrogens (tertiary/aromatic N) is 5. The van der Waals surface area contributed by atoms with Crippen LogP contribution in [0, 0.1) is 17.1 Å². The lowest BCUT2D eigenvalue weighted by Crippen LogP contribution is -2.49. The Balaban J connectivity index is 1.30. The Morgan fingerprint density at radius 1 is 0.980 bits per heavy atom. The van der Waals surface area contributed by atoms with Gasteiger partial charge in [-0.05, 0) is 54.0 Å². The maximum atomic E-state index is 16.7. The molecule has 0 bridgehead atoms. The number of piperazine rings is 1. The van der Waals surface area contributed by atoms with E-state index in [9.17, 15) is 14.9 Å². The summed E-state index contributed by atoms with van der Waals surface area (Å²) in [5, 5.41) is 11.3. The number of anilines is 1. The van der Waals surface area contributed by atoms with Crippen LogP contribution in [0.3, 0.4) is 0 Å². The predicted molar refractivity (Wildman–Crippen MR) is 194 cm³/mol. The maximum Gasteiger partial charge on any atom is 0.270 e. The van der Waals surface area contributed by atoms with E-state index in [0.717, 1.165) is 11.3 Å². The standard InChI is InChI=1S/C38H41FN8O4/c1-50-33-8-4-3-7-27(33)29-21-28(26-6-5-13-46(24-26)35(48)11-14-47(42)15-12-40)36(39)37-30(29)22-31(43-37)38(49)45-18-16-44(17-19-45)32-20-25(23-41)9-10-34(32)51-2/h3-4,6-10,12,15,20-22,43H,5,11,13-14,16-19,24,40,42H2,1-2H3/b15-12-. The van der Waals surface area contributed by atoms with Gasteiger partial charge in [-0.3, -0.25) is 9.59 Å². The average Bonchev–Trinajstić information content (AvgIpc) is 3.63. The van der Waals surface area contributed by atoms with E-state index >= 15 is 4.39 Å². The highest BCUT2D eigenvalue weighted by Crippen LogP contribution is 2.40. The average molecular weight is 693 g/mol. The third-order valence-corrected chi connectivity index (χ3v) is 9.41. The van der Waals surface area contributed by atoms with Crippen molar-refractivity contribution in [3.63, 3.8) is 0 Å². The first-order chi connectivity index (χ1) is 24.8. The number of aromatic amines is 1. The van der Waals surface area contributed by atoms with Crippen molar-refractivity contribution in [2.45, 2.75) is 12.8 Å². The number of rotatable bonds is 10. The van der Waals surface area contributed by atoms with Crippen LogP contribution in [0.2, 0.25) is 0 Å². The number of hydrogen-bond acceptors (Lipinski definition) is 9. The number of benzene rings is 3. The highest BCUT2D eigenvalue weighted by atomic mass is 19.1. The monoisotopic (exact) mass is 692 g/mol. The van der Waals surface area contributed by atoms with Gasteiger partial charge in [-0.2, -0.15) is 5.26 Å². The lowest BCUT2D eigenvalue weighted by Gasteiger charge is -2.36. The molecule has 0 atom stereocenters. The lowest BCUT2D eigenvalue weighted by atomic mass is 9.93. The topological polar surface area (TPSA) is 157 Å². The van der Waals surface area contributed by atoms with Crippen LogP contribution in [0.1, 0.15) is 34.5 Å². The van der Waals surface area contributed by atoms with E-state index < -0.39 is 5.82 Å². The predicted octanol–water partition coefficient (Wildman–Crippen LogP) is 4.44. The number of hydrazine groups is 1. The second-order valence-electron chi connectivity index (χ2n) is 12.4. The van der Waals surface area contributed by atoms with E-state index in [-0.39, 0.29) is 42.5 Å². The minimum Gasteiger partial charge on any atom is -0.496 e. The Labute approximate surface area is 295 Å². The fourth-order valence-corrected chi connectivity index (χ4v) is 6.75. The number of fused-ring (bicyclic) bond motifs is 1. The normalized spacial score (nSPS) is 14.8. The number of H-pyrrole nitrogens is 1. The Morgan fingerprint density at radius 2 is 1.75 bits per heavy atom. The van der Waals surface area contributed by atoms with Crippen LogP contribution < -0.4 is 25.9 Å². The molecule has 0 aliphatic carbocycles. The first-order valence-corrected chi connectivity index (χ1v) is 16.7. The molecule has 1 saturated heterocycles. The van der Waals surface area contributed by atoms with Crippen molar-refractivity contribution in [2.24, 2.45) is 11.6 Å². The number of para-hydroxylation sites is 1. The van der Waals surface area contributed by atoms with Gasteiger partial charge in [-0.25, -0.2) is 10.2 Å². The van der Waals surface area contributed by atoms with Gasteiger partial charge in [-0.1, -0.05) is 24.3 Å². The molecule has 0 saturated carbocycles. The summed E-state index contributed by atoms with van der Waals surface area (Å²) in [5.74, 6) is 6.26. The van der Waals surface area contributed by atoms with E-state index in [4.69, 9.17) is 21.1 Å². The van der Waals surface area contributed by atoms with E-state index in [2.05, 4.69) is 16.0 Å². The van der Waals surface area contributed by atoms with Crippen molar-refractivity contribution >= 4 is 34.0 Å². The zero-order valence-electron chi connectivity index (χ0n) is 28.7. The lowest BCUT2D eigenvalue weighted by molar-refractivity contribution is -0.130. The third kappa shape index (κ3) is 7.18. The molecule has 3 heterocycles. The first-order valence-electron chi connectivity index (χ1n) is 16.7. The highest BCUT2D eigenvalue weighted by Gasteiger charge is 2.28.